The van der Waals surface area contributed by atoms with Crippen molar-refractivity contribution in [2.24, 2.45) is 0 Å². The smallest absolute Gasteiger partial charge is 0.315 e. The highest BCUT2D eigenvalue weighted by molar-refractivity contribution is 8.00. The number of esters is 1. The molecule has 6 heteroatoms. The molecule has 2 aliphatic rings. The third-order valence-corrected chi connectivity index (χ3v) is 7.29. The van der Waals surface area contributed by atoms with E-state index in [2.05, 4.69) is 11.4 Å². The van der Waals surface area contributed by atoms with Gasteiger partial charge in [-0.05, 0) is 30.7 Å². The largest absolute Gasteiger partial charge is 0.468 e. The summed E-state index contributed by atoms with van der Waals surface area (Å²) < 4.78 is 4.69. The van der Waals surface area contributed by atoms with Crippen LogP contribution in [0.3, 0.4) is 0 Å². The number of rotatable bonds is 5. The van der Waals surface area contributed by atoms with E-state index in [4.69, 9.17) is 4.74 Å². The molecule has 0 bridgehead atoms. The lowest BCUT2D eigenvalue weighted by atomic mass is 9.83. The number of thiophene rings is 1. The molecule has 0 N–H and O–H groups in total. The number of thioether (sulfide) groups is 1. The molecule has 23 heavy (non-hydrogen) atoms. The van der Waals surface area contributed by atoms with E-state index in [1.807, 2.05) is 11.0 Å². The van der Waals surface area contributed by atoms with Crippen molar-refractivity contribution >= 4 is 35.0 Å². The normalized spacial score (nSPS) is 23.2. The summed E-state index contributed by atoms with van der Waals surface area (Å²) in [6.07, 6.45) is 5.19. The van der Waals surface area contributed by atoms with Crippen molar-refractivity contribution in [1.29, 1.82) is 0 Å². The van der Waals surface area contributed by atoms with Gasteiger partial charge in [-0.3, -0.25) is 9.59 Å². The van der Waals surface area contributed by atoms with E-state index in [1.165, 1.54) is 12.0 Å². The molecule has 1 aromatic rings. The van der Waals surface area contributed by atoms with Gasteiger partial charge in [0.15, 0.2) is 0 Å². The molecule has 4 nitrogen and oxygen atoms in total. The quantitative estimate of drug-likeness (QED) is 0.763. The maximum atomic E-state index is 13.2. The Morgan fingerprint density at radius 1 is 1.43 bits per heavy atom. The van der Waals surface area contributed by atoms with Gasteiger partial charge in [-0.25, -0.2) is 0 Å². The fraction of sp³-hybridized carbons (Fsp3) is 0.647. The van der Waals surface area contributed by atoms with Crippen LogP contribution in [-0.4, -0.2) is 48.0 Å². The first-order chi connectivity index (χ1) is 11.2. The number of carbonyl (C=O) groups is 2. The van der Waals surface area contributed by atoms with Crippen LogP contribution in [0.4, 0.5) is 0 Å². The molecular formula is C17H23NO3S2. The second-order valence-electron chi connectivity index (χ2n) is 6.32. The lowest BCUT2D eigenvalue weighted by Gasteiger charge is -2.31. The average molecular weight is 354 g/mol. The van der Waals surface area contributed by atoms with Gasteiger partial charge >= 0.3 is 5.97 Å². The molecule has 3 rings (SSSR count). The van der Waals surface area contributed by atoms with E-state index in [-0.39, 0.29) is 11.4 Å². The molecule has 1 aliphatic heterocycles. The summed E-state index contributed by atoms with van der Waals surface area (Å²) in [5, 5.41) is 2.42. The fourth-order valence-electron chi connectivity index (χ4n) is 3.69. The minimum atomic E-state index is -0.282. The molecule has 1 aromatic heterocycles. The summed E-state index contributed by atoms with van der Waals surface area (Å²) in [7, 11) is 1.41. The Morgan fingerprint density at radius 3 is 2.87 bits per heavy atom. The van der Waals surface area contributed by atoms with Crippen molar-refractivity contribution in [3.05, 3.63) is 22.4 Å². The summed E-state index contributed by atoms with van der Waals surface area (Å²) >= 11 is 3.32. The molecule has 0 unspecified atom stereocenters. The van der Waals surface area contributed by atoms with Gasteiger partial charge in [0, 0.05) is 23.2 Å². The van der Waals surface area contributed by atoms with Gasteiger partial charge < -0.3 is 9.64 Å². The molecule has 1 amide bonds. The first-order valence-corrected chi connectivity index (χ1v) is 10.1. The fourth-order valence-corrected chi connectivity index (χ4v) is 5.72. The second kappa shape index (κ2) is 7.26. The Balaban J connectivity index is 1.65. The molecule has 126 valence electrons. The van der Waals surface area contributed by atoms with Crippen LogP contribution >= 0.6 is 23.1 Å². The van der Waals surface area contributed by atoms with Gasteiger partial charge in [0.1, 0.15) is 0 Å². The predicted octanol–water partition coefficient (Wildman–Crippen LogP) is 3.07. The average Bonchev–Trinajstić information content (AvgIpc) is 3.33. The molecular weight excluding hydrogens is 330 g/mol. The van der Waals surface area contributed by atoms with Crippen LogP contribution < -0.4 is 0 Å². The standard InChI is InChI=1S/C17H23NO3S2/c1-21-15(19)12-23-13-6-9-18(11-13)16(20)17(7-2-3-8-17)14-5-4-10-22-14/h4-5,10,13H,2-3,6-9,11-12H2,1H3/t13-/m0/s1. The summed E-state index contributed by atoms with van der Waals surface area (Å²) in [5.41, 5.74) is -0.282. The predicted molar refractivity (Wildman–Crippen MR) is 93.9 cm³/mol. The summed E-state index contributed by atoms with van der Waals surface area (Å²) in [4.78, 5) is 27.8. The first-order valence-electron chi connectivity index (χ1n) is 8.17. The number of hydrogen-bond donors (Lipinski definition) is 0. The van der Waals surface area contributed by atoms with Gasteiger partial charge in [0.25, 0.3) is 0 Å². The third-order valence-electron chi connectivity index (χ3n) is 4.96. The molecule has 1 saturated carbocycles. The number of carbonyl (C=O) groups excluding carboxylic acids is 2. The van der Waals surface area contributed by atoms with E-state index >= 15 is 0 Å². The van der Waals surface area contributed by atoms with Crippen molar-refractivity contribution in [3.63, 3.8) is 0 Å². The SMILES string of the molecule is COC(=O)CS[C@H]1CCN(C(=O)C2(c3cccs3)CCCC2)C1. The van der Waals surface area contributed by atoms with Gasteiger partial charge in [-0.1, -0.05) is 18.9 Å². The number of methoxy groups -OCH3 is 1. The molecule has 0 aromatic carbocycles. The number of amides is 1. The first kappa shape index (κ1) is 16.8. The maximum absolute atomic E-state index is 13.2. The Morgan fingerprint density at radius 2 is 2.22 bits per heavy atom. The van der Waals surface area contributed by atoms with Crippen molar-refractivity contribution < 1.29 is 14.3 Å². The monoisotopic (exact) mass is 353 g/mol. The lowest BCUT2D eigenvalue weighted by molar-refractivity contribution is -0.137. The van der Waals surface area contributed by atoms with Crippen molar-refractivity contribution in [1.82, 2.24) is 4.90 Å². The minimum Gasteiger partial charge on any atom is -0.468 e. The number of ether oxygens (including phenoxy) is 1. The van der Waals surface area contributed by atoms with Crippen molar-refractivity contribution in [2.75, 3.05) is 26.0 Å². The van der Waals surface area contributed by atoms with Gasteiger partial charge in [0.2, 0.25) is 5.91 Å². The van der Waals surface area contributed by atoms with E-state index in [0.29, 0.717) is 16.9 Å². The zero-order valence-electron chi connectivity index (χ0n) is 13.5. The molecule has 2 heterocycles. The van der Waals surface area contributed by atoms with Crippen LogP contribution in [-0.2, 0) is 19.7 Å². The van der Waals surface area contributed by atoms with Crippen LogP contribution in [0.5, 0.6) is 0 Å². The summed E-state index contributed by atoms with van der Waals surface area (Å²) in [6, 6.07) is 4.17. The molecule has 1 atom stereocenters. The van der Waals surface area contributed by atoms with Crippen LogP contribution in [0.15, 0.2) is 17.5 Å². The lowest BCUT2D eigenvalue weighted by Crippen LogP contribution is -2.44. The number of nitrogens with zero attached hydrogens (tertiary/aromatic N) is 1. The second-order valence-corrected chi connectivity index (χ2v) is 8.55. The van der Waals surface area contributed by atoms with Crippen LogP contribution in [0, 0.1) is 0 Å². The minimum absolute atomic E-state index is 0.189. The van der Waals surface area contributed by atoms with E-state index < -0.39 is 0 Å². The maximum Gasteiger partial charge on any atom is 0.315 e. The van der Waals surface area contributed by atoms with E-state index in [1.54, 1.807) is 23.1 Å². The van der Waals surface area contributed by atoms with Gasteiger partial charge in [0.05, 0.1) is 18.3 Å². The molecule has 1 aliphatic carbocycles. The Labute approximate surface area is 145 Å². The van der Waals surface area contributed by atoms with E-state index in [0.717, 1.165) is 45.2 Å². The Bertz CT molecular complexity index is 552. The molecule has 2 fully saturated rings. The summed E-state index contributed by atoms with van der Waals surface area (Å²) in [5.74, 6) is 0.489. The zero-order chi connectivity index (χ0) is 16.3. The van der Waals surface area contributed by atoms with Crippen LogP contribution in [0.2, 0.25) is 0 Å². The highest BCUT2D eigenvalue weighted by Gasteiger charge is 2.46. The van der Waals surface area contributed by atoms with Gasteiger partial charge in [-0.2, -0.15) is 0 Å². The van der Waals surface area contributed by atoms with Crippen molar-refractivity contribution in [3.8, 4) is 0 Å². The number of likely N-dealkylation sites (tertiary alicyclic amines) is 1. The van der Waals surface area contributed by atoms with Gasteiger partial charge in [-0.15, -0.1) is 23.1 Å². The Hall–Kier alpha value is -1.01. The summed E-state index contributed by atoms with van der Waals surface area (Å²) in [6.45, 7) is 1.57. The van der Waals surface area contributed by atoms with Crippen molar-refractivity contribution in [2.45, 2.75) is 42.8 Å². The van der Waals surface area contributed by atoms with Crippen LogP contribution in [0.1, 0.15) is 37.0 Å². The third kappa shape index (κ3) is 3.43. The molecule has 0 spiro atoms. The van der Waals surface area contributed by atoms with Crippen LogP contribution in [0.25, 0.3) is 0 Å². The highest BCUT2D eigenvalue weighted by atomic mass is 32.2. The Kier molecular flexibility index (Phi) is 5.31. The van der Waals surface area contributed by atoms with E-state index in [9.17, 15) is 9.59 Å². The molecule has 1 saturated heterocycles. The molecule has 0 radical (unpaired) electrons. The topological polar surface area (TPSA) is 46.6 Å². The number of hydrogen-bond acceptors (Lipinski definition) is 5. The highest BCUT2D eigenvalue weighted by Crippen LogP contribution is 2.45. The zero-order valence-corrected chi connectivity index (χ0v) is 15.1.